The van der Waals surface area contributed by atoms with Crippen molar-refractivity contribution in [3.63, 3.8) is 0 Å². The maximum absolute atomic E-state index is 5.71. The van der Waals surface area contributed by atoms with Gasteiger partial charge < -0.3 is 0 Å². The Labute approximate surface area is 120 Å². The minimum absolute atomic E-state index is 0.0441. The van der Waals surface area contributed by atoms with Crippen molar-refractivity contribution in [2.75, 3.05) is 0 Å². The molecule has 0 amide bonds. The highest BCUT2D eigenvalue weighted by Gasteiger charge is 2.15. The first-order chi connectivity index (χ1) is 9.65. The van der Waals surface area contributed by atoms with Crippen molar-refractivity contribution in [3.8, 4) is 0 Å². The lowest BCUT2D eigenvalue weighted by atomic mass is 10.0. The molecule has 2 rings (SSSR count). The standard InChI is InChI=1S/C15H23N5/c1-4-12-5-7-13(8-6-12)14(19-16)9-15-17-10-18-20(15)11(2)3/h5-8,10-11,14,19H,4,9,16H2,1-3H3. The van der Waals surface area contributed by atoms with E-state index in [9.17, 15) is 0 Å². The van der Waals surface area contributed by atoms with E-state index in [-0.39, 0.29) is 6.04 Å². The molecular formula is C15H23N5. The average molecular weight is 273 g/mol. The lowest BCUT2D eigenvalue weighted by Crippen LogP contribution is -2.30. The lowest BCUT2D eigenvalue weighted by molar-refractivity contribution is 0.468. The fourth-order valence-corrected chi connectivity index (χ4v) is 2.29. The number of hydrazine groups is 1. The Kier molecular flexibility index (Phi) is 4.87. The van der Waals surface area contributed by atoms with Crippen LogP contribution < -0.4 is 11.3 Å². The molecule has 2 aromatic rings. The summed E-state index contributed by atoms with van der Waals surface area (Å²) in [5.74, 6) is 6.66. The molecule has 0 saturated heterocycles. The Morgan fingerprint density at radius 3 is 2.50 bits per heavy atom. The van der Waals surface area contributed by atoms with Crippen molar-refractivity contribution in [3.05, 3.63) is 47.5 Å². The average Bonchev–Trinajstić information content (AvgIpc) is 2.93. The summed E-state index contributed by atoms with van der Waals surface area (Å²) in [4.78, 5) is 4.34. The highest BCUT2D eigenvalue weighted by Crippen LogP contribution is 2.19. The predicted molar refractivity (Wildman–Crippen MR) is 80.0 cm³/mol. The summed E-state index contributed by atoms with van der Waals surface area (Å²) in [7, 11) is 0. The van der Waals surface area contributed by atoms with Gasteiger partial charge in [-0.2, -0.15) is 5.10 Å². The van der Waals surface area contributed by atoms with Gasteiger partial charge >= 0.3 is 0 Å². The van der Waals surface area contributed by atoms with Crippen LogP contribution in [0.5, 0.6) is 0 Å². The Morgan fingerprint density at radius 2 is 1.95 bits per heavy atom. The number of hydrogen-bond acceptors (Lipinski definition) is 4. The van der Waals surface area contributed by atoms with Crippen LogP contribution in [0.15, 0.2) is 30.6 Å². The second-order valence-corrected chi connectivity index (χ2v) is 5.23. The van der Waals surface area contributed by atoms with Crippen LogP contribution in [0.4, 0.5) is 0 Å². The molecular weight excluding hydrogens is 250 g/mol. The van der Waals surface area contributed by atoms with Gasteiger partial charge in [0.05, 0.1) is 6.04 Å². The summed E-state index contributed by atoms with van der Waals surface area (Å²) in [5.41, 5.74) is 5.38. The molecule has 5 nitrogen and oxygen atoms in total. The van der Waals surface area contributed by atoms with Gasteiger partial charge in [0.25, 0.3) is 0 Å². The first-order valence-electron chi connectivity index (χ1n) is 7.09. The minimum Gasteiger partial charge on any atom is -0.271 e. The number of aryl methyl sites for hydroxylation is 1. The zero-order chi connectivity index (χ0) is 14.5. The first kappa shape index (κ1) is 14.7. The molecule has 0 fully saturated rings. The molecule has 1 unspecified atom stereocenters. The van der Waals surface area contributed by atoms with Gasteiger partial charge in [-0.25, -0.2) is 9.67 Å². The summed E-state index contributed by atoms with van der Waals surface area (Å²) < 4.78 is 1.94. The third kappa shape index (κ3) is 3.23. The van der Waals surface area contributed by atoms with Crippen LogP contribution in [0.1, 0.15) is 49.8 Å². The highest BCUT2D eigenvalue weighted by molar-refractivity contribution is 5.25. The minimum atomic E-state index is 0.0441. The van der Waals surface area contributed by atoms with E-state index < -0.39 is 0 Å². The van der Waals surface area contributed by atoms with Gasteiger partial charge in [0.15, 0.2) is 0 Å². The molecule has 1 atom stereocenters. The summed E-state index contributed by atoms with van der Waals surface area (Å²) in [6, 6.07) is 8.88. The van der Waals surface area contributed by atoms with Crippen LogP contribution in [-0.4, -0.2) is 14.8 Å². The van der Waals surface area contributed by atoms with E-state index in [0.29, 0.717) is 6.04 Å². The molecule has 3 N–H and O–H groups in total. The number of nitrogens with zero attached hydrogens (tertiary/aromatic N) is 3. The van der Waals surface area contributed by atoms with Crippen molar-refractivity contribution in [1.29, 1.82) is 0 Å². The predicted octanol–water partition coefficient (Wildman–Crippen LogP) is 2.17. The number of hydrogen-bond donors (Lipinski definition) is 2. The molecule has 1 heterocycles. The van der Waals surface area contributed by atoms with Gasteiger partial charge in [-0.15, -0.1) is 0 Å². The topological polar surface area (TPSA) is 68.8 Å². The van der Waals surface area contributed by atoms with E-state index in [2.05, 4.69) is 60.5 Å². The second-order valence-electron chi connectivity index (χ2n) is 5.23. The van der Waals surface area contributed by atoms with Crippen molar-refractivity contribution in [2.45, 2.75) is 45.7 Å². The molecule has 5 heteroatoms. The van der Waals surface area contributed by atoms with Crippen LogP contribution in [0, 0.1) is 0 Å². The quantitative estimate of drug-likeness (QED) is 0.625. The van der Waals surface area contributed by atoms with Crippen LogP contribution in [0.25, 0.3) is 0 Å². The van der Waals surface area contributed by atoms with E-state index in [1.807, 2.05) is 4.68 Å². The number of benzene rings is 1. The highest BCUT2D eigenvalue weighted by atomic mass is 15.3. The molecule has 0 aliphatic carbocycles. The van der Waals surface area contributed by atoms with E-state index in [1.54, 1.807) is 6.33 Å². The Bertz CT molecular complexity index is 529. The summed E-state index contributed by atoms with van der Waals surface area (Å²) >= 11 is 0. The molecule has 0 radical (unpaired) electrons. The normalized spacial score (nSPS) is 12.8. The van der Waals surface area contributed by atoms with Crippen molar-refractivity contribution < 1.29 is 0 Å². The van der Waals surface area contributed by atoms with Gasteiger partial charge in [0.2, 0.25) is 0 Å². The Balaban J connectivity index is 2.17. The monoisotopic (exact) mass is 273 g/mol. The van der Waals surface area contributed by atoms with Crippen LogP contribution >= 0.6 is 0 Å². The van der Waals surface area contributed by atoms with Crippen molar-refractivity contribution in [2.24, 2.45) is 5.84 Å². The largest absolute Gasteiger partial charge is 0.271 e. The van der Waals surface area contributed by atoms with Crippen LogP contribution in [0.3, 0.4) is 0 Å². The van der Waals surface area contributed by atoms with E-state index in [4.69, 9.17) is 5.84 Å². The lowest BCUT2D eigenvalue weighted by Gasteiger charge is -2.17. The first-order valence-corrected chi connectivity index (χ1v) is 7.09. The van der Waals surface area contributed by atoms with Gasteiger partial charge in [-0.05, 0) is 31.4 Å². The second kappa shape index (κ2) is 6.63. The maximum atomic E-state index is 5.71. The summed E-state index contributed by atoms with van der Waals surface area (Å²) in [5, 5.41) is 4.26. The fourth-order valence-electron chi connectivity index (χ4n) is 2.29. The van der Waals surface area contributed by atoms with Gasteiger partial charge in [-0.1, -0.05) is 31.2 Å². The van der Waals surface area contributed by atoms with Gasteiger partial charge in [-0.3, -0.25) is 11.3 Å². The van der Waals surface area contributed by atoms with Crippen molar-refractivity contribution in [1.82, 2.24) is 20.2 Å². The zero-order valence-electron chi connectivity index (χ0n) is 12.4. The summed E-state index contributed by atoms with van der Waals surface area (Å²) in [6.45, 7) is 6.34. The van der Waals surface area contributed by atoms with E-state index >= 15 is 0 Å². The number of nitrogens with one attached hydrogen (secondary N) is 1. The zero-order valence-corrected chi connectivity index (χ0v) is 12.4. The number of rotatable bonds is 6. The van der Waals surface area contributed by atoms with E-state index in [1.165, 1.54) is 11.1 Å². The third-order valence-corrected chi connectivity index (χ3v) is 3.51. The fraction of sp³-hybridized carbons (Fsp3) is 0.467. The molecule has 108 valence electrons. The number of aromatic nitrogens is 3. The van der Waals surface area contributed by atoms with Crippen LogP contribution in [-0.2, 0) is 12.8 Å². The molecule has 0 spiro atoms. The Hall–Kier alpha value is -1.72. The Morgan fingerprint density at radius 1 is 1.25 bits per heavy atom. The SMILES string of the molecule is CCc1ccc(C(Cc2ncnn2C(C)C)NN)cc1. The van der Waals surface area contributed by atoms with Gasteiger partial charge in [0.1, 0.15) is 12.2 Å². The molecule has 1 aromatic carbocycles. The molecule has 1 aromatic heterocycles. The van der Waals surface area contributed by atoms with E-state index in [0.717, 1.165) is 18.7 Å². The van der Waals surface area contributed by atoms with Gasteiger partial charge in [0, 0.05) is 12.5 Å². The van der Waals surface area contributed by atoms with Crippen LogP contribution in [0.2, 0.25) is 0 Å². The van der Waals surface area contributed by atoms with Crippen molar-refractivity contribution >= 4 is 0 Å². The third-order valence-electron chi connectivity index (χ3n) is 3.51. The molecule has 0 bridgehead atoms. The molecule has 0 aliphatic rings. The molecule has 0 saturated carbocycles. The number of nitrogens with two attached hydrogens (primary N) is 1. The smallest absolute Gasteiger partial charge is 0.138 e. The molecule has 20 heavy (non-hydrogen) atoms. The maximum Gasteiger partial charge on any atom is 0.138 e. The summed E-state index contributed by atoms with van der Waals surface area (Å²) in [6.07, 6.45) is 3.37. The molecule has 0 aliphatic heterocycles.